The molecule has 6 heteroatoms. The molecule has 0 aliphatic rings. The summed E-state index contributed by atoms with van der Waals surface area (Å²) in [7, 11) is 3.27. The van der Waals surface area contributed by atoms with E-state index in [-0.39, 0.29) is 18.3 Å². The topological polar surface area (TPSA) is 29.5 Å². The lowest BCUT2D eigenvalue weighted by Gasteiger charge is -2.20. The largest absolute Gasteiger partial charge is 0.380 e. The summed E-state index contributed by atoms with van der Waals surface area (Å²) >= 11 is 4.73. The molecule has 3 rings (SSSR count). The Morgan fingerprint density at radius 2 is 2.08 bits per heavy atom. The molecule has 0 N–H and O–H groups in total. The van der Waals surface area contributed by atoms with Crippen LogP contribution in [-0.4, -0.2) is 20.1 Å². The predicted octanol–water partition coefficient (Wildman–Crippen LogP) is 5.53. The molecule has 0 aliphatic carbocycles. The highest BCUT2D eigenvalue weighted by molar-refractivity contribution is 9.10. The number of methoxy groups -OCH3 is 1. The minimum atomic E-state index is -0.331. The summed E-state index contributed by atoms with van der Waals surface area (Å²) in [4.78, 5) is 15.2. The summed E-state index contributed by atoms with van der Waals surface area (Å²) in [5.74, 6) is -0.500. The number of hydrogen-bond acceptors (Lipinski definition) is 3. The Morgan fingerprint density at radius 3 is 2.76 bits per heavy atom. The summed E-state index contributed by atoms with van der Waals surface area (Å²) in [6.07, 6.45) is 0. The van der Waals surface area contributed by atoms with Crippen molar-refractivity contribution in [3.63, 3.8) is 0 Å². The van der Waals surface area contributed by atoms with Crippen LogP contribution in [0.25, 0.3) is 10.1 Å². The zero-order valence-corrected chi connectivity index (χ0v) is 16.5. The van der Waals surface area contributed by atoms with E-state index in [1.54, 1.807) is 25.1 Å². The monoisotopic (exact) mass is 421 g/mol. The van der Waals surface area contributed by atoms with E-state index in [1.165, 1.54) is 17.4 Å². The van der Waals surface area contributed by atoms with Gasteiger partial charge in [0.25, 0.3) is 5.91 Å². The number of benzene rings is 2. The summed E-state index contributed by atoms with van der Waals surface area (Å²) in [5, 5.41) is 0.471. The molecule has 130 valence electrons. The fourth-order valence-electron chi connectivity index (χ4n) is 2.88. The molecule has 0 aliphatic heterocycles. The van der Waals surface area contributed by atoms with Gasteiger partial charge in [0.15, 0.2) is 0 Å². The van der Waals surface area contributed by atoms with Crippen molar-refractivity contribution in [2.45, 2.75) is 13.5 Å². The van der Waals surface area contributed by atoms with Crippen molar-refractivity contribution in [3.05, 3.63) is 62.7 Å². The number of halogens is 2. The molecule has 25 heavy (non-hydrogen) atoms. The first-order chi connectivity index (χ1) is 11.9. The van der Waals surface area contributed by atoms with Gasteiger partial charge in [-0.3, -0.25) is 4.79 Å². The molecule has 0 fully saturated rings. The van der Waals surface area contributed by atoms with Crippen molar-refractivity contribution >= 4 is 48.9 Å². The summed E-state index contributed by atoms with van der Waals surface area (Å²) in [5.41, 5.74) is 2.40. The second-order valence-electron chi connectivity index (χ2n) is 5.75. The molecular formula is C19H17BrFNO2S. The van der Waals surface area contributed by atoms with E-state index >= 15 is 0 Å². The van der Waals surface area contributed by atoms with Gasteiger partial charge in [-0.15, -0.1) is 11.3 Å². The van der Waals surface area contributed by atoms with Gasteiger partial charge in [-0.05, 0) is 42.8 Å². The van der Waals surface area contributed by atoms with Gasteiger partial charge in [0.05, 0.1) is 11.5 Å². The Balaban J connectivity index is 2.10. The average molecular weight is 422 g/mol. The van der Waals surface area contributed by atoms with Crippen LogP contribution in [0.3, 0.4) is 0 Å². The zero-order valence-electron chi connectivity index (χ0n) is 14.1. The number of aryl methyl sites for hydroxylation is 1. The molecule has 0 saturated heterocycles. The Morgan fingerprint density at radius 1 is 1.32 bits per heavy atom. The van der Waals surface area contributed by atoms with Crippen LogP contribution in [-0.2, 0) is 11.3 Å². The van der Waals surface area contributed by atoms with Crippen LogP contribution in [0.15, 0.2) is 40.9 Å². The van der Waals surface area contributed by atoms with Crippen molar-refractivity contribution in [2.75, 3.05) is 19.1 Å². The van der Waals surface area contributed by atoms with E-state index in [1.807, 2.05) is 31.2 Å². The first kappa shape index (κ1) is 18.0. The molecule has 0 radical (unpaired) electrons. The zero-order chi connectivity index (χ0) is 18.1. The lowest BCUT2D eigenvalue weighted by atomic mass is 10.1. The molecule has 0 spiro atoms. The highest BCUT2D eigenvalue weighted by atomic mass is 79.9. The number of anilines is 1. The Bertz CT molecular complexity index is 954. The fourth-order valence-corrected chi connectivity index (χ4v) is 4.55. The number of rotatable bonds is 4. The first-order valence-electron chi connectivity index (χ1n) is 7.67. The summed E-state index contributed by atoms with van der Waals surface area (Å²) in [6, 6.07) is 10.6. The number of ether oxygens (including phenoxy) is 1. The van der Waals surface area contributed by atoms with E-state index in [4.69, 9.17) is 4.74 Å². The molecule has 3 nitrogen and oxygen atoms in total. The molecular weight excluding hydrogens is 405 g/mol. The number of nitrogens with zero attached hydrogens (tertiary/aromatic N) is 1. The third-order valence-electron chi connectivity index (χ3n) is 4.07. The van der Waals surface area contributed by atoms with E-state index in [9.17, 15) is 9.18 Å². The Hall–Kier alpha value is -1.76. The number of carbonyl (C=O) groups excluding carboxylic acids is 1. The maximum atomic E-state index is 14.3. The third kappa shape index (κ3) is 3.34. The van der Waals surface area contributed by atoms with Crippen LogP contribution < -0.4 is 4.90 Å². The first-order valence-corrected chi connectivity index (χ1v) is 9.28. The van der Waals surface area contributed by atoms with Crippen molar-refractivity contribution in [3.8, 4) is 0 Å². The van der Waals surface area contributed by atoms with Gasteiger partial charge in [-0.25, -0.2) is 4.39 Å². The van der Waals surface area contributed by atoms with Crippen molar-refractivity contribution in [2.24, 2.45) is 0 Å². The highest BCUT2D eigenvalue weighted by Crippen LogP contribution is 2.35. The van der Waals surface area contributed by atoms with Gasteiger partial charge >= 0.3 is 0 Å². The second-order valence-corrected chi connectivity index (χ2v) is 7.72. The van der Waals surface area contributed by atoms with Crippen LogP contribution in [0.2, 0.25) is 0 Å². The summed E-state index contributed by atoms with van der Waals surface area (Å²) < 4.78 is 21.2. The normalized spacial score (nSPS) is 11.1. The SMILES string of the molecule is COCc1c(C(=O)N(C)c2ccc(Br)cc2C)sc2cccc(F)c12. The van der Waals surface area contributed by atoms with Crippen molar-refractivity contribution < 1.29 is 13.9 Å². The van der Waals surface area contributed by atoms with Crippen LogP contribution in [0.5, 0.6) is 0 Å². The number of thiophene rings is 1. The van der Waals surface area contributed by atoms with Gasteiger partial charge in [0.1, 0.15) is 5.82 Å². The minimum absolute atomic E-state index is 0.168. The summed E-state index contributed by atoms with van der Waals surface area (Å²) in [6.45, 7) is 2.14. The molecule has 0 bridgehead atoms. The van der Waals surface area contributed by atoms with Crippen LogP contribution >= 0.6 is 27.3 Å². The van der Waals surface area contributed by atoms with E-state index in [0.29, 0.717) is 15.8 Å². The minimum Gasteiger partial charge on any atom is -0.380 e. The van der Waals surface area contributed by atoms with Crippen LogP contribution in [0.1, 0.15) is 20.8 Å². The van der Waals surface area contributed by atoms with E-state index < -0.39 is 0 Å². The maximum Gasteiger partial charge on any atom is 0.268 e. The van der Waals surface area contributed by atoms with Crippen LogP contribution in [0.4, 0.5) is 10.1 Å². The van der Waals surface area contributed by atoms with Gasteiger partial charge in [-0.1, -0.05) is 22.0 Å². The Labute approximate surface area is 158 Å². The number of carbonyl (C=O) groups is 1. The molecule has 1 amide bonds. The molecule has 0 saturated carbocycles. The van der Waals surface area contributed by atoms with Gasteiger partial charge in [0.2, 0.25) is 0 Å². The fraction of sp³-hybridized carbons (Fsp3) is 0.211. The lowest BCUT2D eigenvalue weighted by Crippen LogP contribution is -2.27. The quantitative estimate of drug-likeness (QED) is 0.553. The average Bonchev–Trinajstić information content (AvgIpc) is 2.94. The van der Waals surface area contributed by atoms with E-state index in [2.05, 4.69) is 15.9 Å². The van der Waals surface area contributed by atoms with Crippen molar-refractivity contribution in [1.29, 1.82) is 0 Å². The lowest BCUT2D eigenvalue weighted by molar-refractivity contribution is 0.0992. The standard InChI is InChI=1S/C19H17BrFNO2S/c1-11-9-12(20)7-8-15(11)22(2)19(23)18-13(10-24-3)17-14(21)5-4-6-16(17)25-18/h4-9H,10H2,1-3H3. The highest BCUT2D eigenvalue weighted by Gasteiger charge is 2.24. The van der Waals surface area contributed by atoms with Gasteiger partial charge < -0.3 is 9.64 Å². The molecule has 0 atom stereocenters. The molecule has 2 aromatic carbocycles. The smallest absolute Gasteiger partial charge is 0.268 e. The predicted molar refractivity (Wildman–Crippen MR) is 104 cm³/mol. The molecule has 1 aromatic heterocycles. The third-order valence-corrected chi connectivity index (χ3v) is 5.75. The number of amides is 1. The molecule has 3 aromatic rings. The van der Waals surface area contributed by atoms with Gasteiger partial charge in [0, 0.05) is 40.0 Å². The molecule has 0 unspecified atom stereocenters. The molecule has 1 heterocycles. The van der Waals surface area contributed by atoms with E-state index in [0.717, 1.165) is 20.4 Å². The van der Waals surface area contributed by atoms with Crippen molar-refractivity contribution in [1.82, 2.24) is 0 Å². The van der Waals surface area contributed by atoms with Gasteiger partial charge in [-0.2, -0.15) is 0 Å². The van der Waals surface area contributed by atoms with Crippen LogP contribution in [0, 0.1) is 12.7 Å². The second kappa shape index (κ2) is 7.23. The number of fused-ring (bicyclic) bond motifs is 1. The number of hydrogen-bond donors (Lipinski definition) is 0. The Kier molecular flexibility index (Phi) is 5.22. The maximum absolute atomic E-state index is 14.3.